The van der Waals surface area contributed by atoms with Crippen LogP contribution >= 0.6 is 22.9 Å². The third-order valence-electron chi connectivity index (χ3n) is 6.81. The highest BCUT2D eigenvalue weighted by molar-refractivity contribution is 7.92. The minimum Gasteiger partial charge on any atom is -0.494 e. The standard InChI is InChI=1S/C28H30ClN5O4S2/c1-19-7-12-24(38-2)25-26(19)39-28(31-25)34-17-15-33(16-18-34)14-13-30-27(35)22-5-3-4-6-23(22)32-40(36,37)21-10-8-20(29)9-11-21/h3-12,32H,13-18H2,1-2H3,(H,30,35). The van der Waals surface area contributed by atoms with Crippen molar-refractivity contribution in [1.82, 2.24) is 15.2 Å². The number of halogens is 1. The maximum Gasteiger partial charge on any atom is 0.261 e. The zero-order chi connectivity index (χ0) is 28.3. The number of aromatic nitrogens is 1. The second kappa shape index (κ2) is 12.0. The van der Waals surface area contributed by atoms with E-state index in [0.717, 1.165) is 47.3 Å². The van der Waals surface area contributed by atoms with E-state index in [1.54, 1.807) is 42.7 Å². The number of nitrogens with zero attached hydrogens (tertiary/aromatic N) is 3. The molecule has 4 aromatic rings. The Bertz CT molecular complexity index is 1620. The first kappa shape index (κ1) is 28.2. The van der Waals surface area contributed by atoms with Crippen molar-refractivity contribution in [2.45, 2.75) is 11.8 Å². The Labute approximate surface area is 242 Å². The minimum atomic E-state index is -3.88. The monoisotopic (exact) mass is 599 g/mol. The number of amides is 1. The topological polar surface area (TPSA) is 104 Å². The van der Waals surface area contributed by atoms with Crippen LogP contribution in [0.4, 0.5) is 10.8 Å². The summed E-state index contributed by atoms with van der Waals surface area (Å²) in [6.07, 6.45) is 0. The highest BCUT2D eigenvalue weighted by atomic mass is 35.5. The number of hydrogen-bond donors (Lipinski definition) is 2. The van der Waals surface area contributed by atoms with Gasteiger partial charge in [0.1, 0.15) is 11.3 Å². The predicted octanol–water partition coefficient (Wildman–Crippen LogP) is 4.62. The maximum atomic E-state index is 13.0. The fourth-order valence-corrected chi connectivity index (χ4v) is 6.88. The van der Waals surface area contributed by atoms with E-state index < -0.39 is 10.0 Å². The Morgan fingerprint density at radius 1 is 1.05 bits per heavy atom. The third kappa shape index (κ3) is 6.17. The molecule has 0 radical (unpaired) electrons. The molecule has 0 saturated carbocycles. The van der Waals surface area contributed by atoms with Crippen molar-refractivity contribution < 1.29 is 17.9 Å². The van der Waals surface area contributed by atoms with Crippen LogP contribution in [0.1, 0.15) is 15.9 Å². The molecule has 40 heavy (non-hydrogen) atoms. The van der Waals surface area contributed by atoms with Crippen molar-refractivity contribution in [3.05, 3.63) is 76.8 Å². The Morgan fingerprint density at radius 3 is 2.50 bits per heavy atom. The Kier molecular flexibility index (Phi) is 8.46. The number of benzene rings is 3. The van der Waals surface area contributed by atoms with E-state index >= 15 is 0 Å². The average Bonchev–Trinajstić information content (AvgIpc) is 3.40. The lowest BCUT2D eigenvalue weighted by atomic mass is 10.1. The van der Waals surface area contributed by atoms with Crippen LogP contribution in [0.3, 0.4) is 0 Å². The van der Waals surface area contributed by atoms with Crippen molar-refractivity contribution in [3.63, 3.8) is 0 Å². The van der Waals surface area contributed by atoms with Crippen LogP contribution < -0.4 is 19.7 Å². The SMILES string of the molecule is COc1ccc(C)c2sc(N3CCN(CCNC(=O)c4ccccc4NS(=O)(=O)c4ccc(Cl)cc4)CC3)nc12. The number of para-hydroxylation sites is 1. The van der Waals surface area contributed by atoms with Gasteiger partial charge in [0.25, 0.3) is 15.9 Å². The van der Waals surface area contributed by atoms with Gasteiger partial charge in [-0.25, -0.2) is 13.4 Å². The van der Waals surface area contributed by atoms with Gasteiger partial charge in [0.05, 0.1) is 28.0 Å². The highest BCUT2D eigenvalue weighted by Gasteiger charge is 2.22. The smallest absolute Gasteiger partial charge is 0.261 e. The van der Waals surface area contributed by atoms with Crippen molar-refractivity contribution in [1.29, 1.82) is 0 Å². The number of fused-ring (bicyclic) bond motifs is 1. The molecular weight excluding hydrogens is 570 g/mol. The first-order valence-corrected chi connectivity index (χ1v) is 15.5. The van der Waals surface area contributed by atoms with Crippen LogP contribution in [0.5, 0.6) is 5.75 Å². The number of ether oxygens (including phenoxy) is 1. The van der Waals surface area contributed by atoms with Crippen molar-refractivity contribution >= 4 is 59.9 Å². The first-order chi connectivity index (χ1) is 19.2. The van der Waals surface area contributed by atoms with Crippen LogP contribution in [-0.4, -0.2) is 70.6 Å². The number of carbonyl (C=O) groups is 1. The molecule has 12 heteroatoms. The first-order valence-electron chi connectivity index (χ1n) is 12.8. The normalized spacial score (nSPS) is 14.3. The number of nitrogens with one attached hydrogen (secondary N) is 2. The third-order valence-corrected chi connectivity index (χ3v) is 9.69. The average molecular weight is 600 g/mol. The number of sulfonamides is 1. The molecule has 0 bridgehead atoms. The van der Waals surface area contributed by atoms with Gasteiger partial charge in [-0.3, -0.25) is 14.4 Å². The lowest BCUT2D eigenvalue weighted by Gasteiger charge is -2.34. The number of piperazine rings is 1. The van der Waals surface area contributed by atoms with Crippen LogP contribution in [0.15, 0.2) is 65.6 Å². The van der Waals surface area contributed by atoms with Crippen LogP contribution in [0.25, 0.3) is 10.2 Å². The molecule has 1 aliphatic rings. The van der Waals surface area contributed by atoms with E-state index in [4.69, 9.17) is 21.3 Å². The van der Waals surface area contributed by atoms with Crippen LogP contribution in [-0.2, 0) is 10.0 Å². The number of aryl methyl sites for hydroxylation is 1. The molecule has 1 amide bonds. The zero-order valence-electron chi connectivity index (χ0n) is 22.2. The summed E-state index contributed by atoms with van der Waals surface area (Å²) in [5.41, 5.74) is 2.56. The molecular formula is C28H30ClN5O4S2. The quantitative estimate of drug-likeness (QED) is 0.289. The molecule has 0 spiro atoms. The number of hydrogen-bond acceptors (Lipinski definition) is 8. The molecule has 0 unspecified atom stereocenters. The summed E-state index contributed by atoms with van der Waals surface area (Å²) < 4.78 is 34.8. The summed E-state index contributed by atoms with van der Waals surface area (Å²) in [5.74, 6) is 0.448. The van der Waals surface area contributed by atoms with Gasteiger partial charge in [-0.05, 0) is 55.0 Å². The number of rotatable bonds is 9. The van der Waals surface area contributed by atoms with Crippen LogP contribution in [0.2, 0.25) is 5.02 Å². The second-order valence-electron chi connectivity index (χ2n) is 9.45. The van der Waals surface area contributed by atoms with E-state index in [9.17, 15) is 13.2 Å². The lowest BCUT2D eigenvalue weighted by Crippen LogP contribution is -2.48. The molecule has 3 aromatic carbocycles. The number of thiazole rings is 1. The lowest BCUT2D eigenvalue weighted by molar-refractivity contribution is 0.0948. The second-order valence-corrected chi connectivity index (χ2v) is 12.5. The summed E-state index contributed by atoms with van der Waals surface area (Å²) in [4.78, 5) is 22.5. The summed E-state index contributed by atoms with van der Waals surface area (Å²) >= 11 is 7.57. The van der Waals surface area contributed by atoms with Crippen molar-refractivity contribution in [2.24, 2.45) is 0 Å². The summed E-state index contributed by atoms with van der Waals surface area (Å²) in [5, 5.41) is 4.36. The Morgan fingerprint density at radius 2 is 1.77 bits per heavy atom. The van der Waals surface area contributed by atoms with E-state index in [2.05, 4.69) is 32.8 Å². The van der Waals surface area contributed by atoms with E-state index in [1.807, 2.05) is 6.07 Å². The van der Waals surface area contributed by atoms with Crippen molar-refractivity contribution in [2.75, 3.05) is 56.0 Å². The van der Waals surface area contributed by atoms with Gasteiger partial charge in [-0.15, -0.1) is 0 Å². The van der Waals surface area contributed by atoms with Gasteiger partial charge in [-0.1, -0.05) is 41.1 Å². The van der Waals surface area contributed by atoms with Gasteiger partial charge >= 0.3 is 0 Å². The Balaban J connectivity index is 1.15. The highest BCUT2D eigenvalue weighted by Crippen LogP contribution is 2.36. The number of methoxy groups -OCH3 is 1. The summed E-state index contributed by atoms with van der Waals surface area (Å²) in [6.45, 7) is 6.58. The molecule has 5 rings (SSSR count). The molecule has 1 fully saturated rings. The number of anilines is 2. The molecule has 0 aliphatic carbocycles. The summed E-state index contributed by atoms with van der Waals surface area (Å²) in [7, 11) is -2.21. The van der Waals surface area contributed by atoms with Gasteiger partial charge in [0, 0.05) is 44.3 Å². The largest absolute Gasteiger partial charge is 0.494 e. The predicted molar refractivity (Wildman–Crippen MR) is 161 cm³/mol. The number of carbonyl (C=O) groups excluding carboxylic acids is 1. The molecule has 2 N–H and O–H groups in total. The fourth-order valence-electron chi connectivity index (χ4n) is 4.57. The molecule has 1 aliphatic heterocycles. The van der Waals surface area contributed by atoms with Gasteiger partial charge in [0.2, 0.25) is 0 Å². The van der Waals surface area contributed by atoms with Crippen LogP contribution in [0, 0.1) is 6.92 Å². The Hall–Kier alpha value is -3.38. The molecule has 9 nitrogen and oxygen atoms in total. The molecule has 2 heterocycles. The molecule has 0 atom stereocenters. The minimum absolute atomic E-state index is 0.0615. The van der Waals surface area contributed by atoms with Crippen molar-refractivity contribution in [3.8, 4) is 5.75 Å². The molecule has 1 aromatic heterocycles. The van der Waals surface area contributed by atoms with E-state index in [-0.39, 0.29) is 22.1 Å². The maximum absolute atomic E-state index is 13.0. The summed E-state index contributed by atoms with van der Waals surface area (Å²) in [6, 6.07) is 16.4. The van der Waals surface area contributed by atoms with Gasteiger partial charge in [0.15, 0.2) is 5.13 Å². The zero-order valence-corrected chi connectivity index (χ0v) is 24.6. The van der Waals surface area contributed by atoms with Gasteiger partial charge < -0.3 is 15.0 Å². The fraction of sp³-hybridized carbons (Fsp3) is 0.286. The molecule has 210 valence electrons. The molecule has 1 saturated heterocycles. The van der Waals surface area contributed by atoms with E-state index in [0.29, 0.717) is 18.1 Å². The van der Waals surface area contributed by atoms with Gasteiger partial charge in [-0.2, -0.15) is 0 Å². The van der Waals surface area contributed by atoms with E-state index in [1.165, 1.54) is 29.8 Å².